The van der Waals surface area contributed by atoms with Gasteiger partial charge in [-0.3, -0.25) is 4.79 Å². The van der Waals surface area contributed by atoms with Crippen molar-refractivity contribution in [1.29, 1.82) is 0 Å². The van der Waals surface area contributed by atoms with Crippen LogP contribution in [0.1, 0.15) is 10.8 Å². The van der Waals surface area contributed by atoms with Gasteiger partial charge in [-0.2, -0.15) is 4.68 Å². The molecule has 0 aliphatic carbocycles. The summed E-state index contributed by atoms with van der Waals surface area (Å²) in [5, 5.41) is 14.6. The zero-order valence-electron chi connectivity index (χ0n) is 16.8. The standard InChI is InChI=1S/C22H17ClFN5O2S/c1-31-19-11-10-16(13-18(19)23)25-21(30)20(14-6-3-2-4-7-14)32-22-26-27-28-29(22)17-9-5-8-15(24)12-17/h2-13,20H,1H3,(H,25,30). The molecule has 1 amide bonds. The molecule has 1 atom stereocenters. The highest BCUT2D eigenvalue weighted by Crippen LogP contribution is 2.36. The van der Waals surface area contributed by atoms with Gasteiger partial charge in [0.05, 0.1) is 17.8 Å². The smallest absolute Gasteiger partial charge is 0.242 e. The molecule has 0 aliphatic rings. The largest absolute Gasteiger partial charge is 0.495 e. The Morgan fingerprint density at radius 3 is 2.66 bits per heavy atom. The molecule has 3 aromatic carbocycles. The average molecular weight is 470 g/mol. The van der Waals surface area contributed by atoms with E-state index in [9.17, 15) is 9.18 Å². The highest BCUT2D eigenvalue weighted by molar-refractivity contribution is 8.00. The Balaban J connectivity index is 1.64. The zero-order valence-corrected chi connectivity index (χ0v) is 18.3. The monoisotopic (exact) mass is 469 g/mol. The maximum atomic E-state index is 13.7. The topological polar surface area (TPSA) is 81.9 Å². The van der Waals surface area contributed by atoms with Gasteiger partial charge in [0.15, 0.2) is 0 Å². The molecule has 7 nitrogen and oxygen atoms in total. The van der Waals surface area contributed by atoms with Gasteiger partial charge < -0.3 is 10.1 Å². The van der Waals surface area contributed by atoms with Crippen LogP contribution in [0.2, 0.25) is 5.02 Å². The number of thioether (sulfide) groups is 1. The van der Waals surface area contributed by atoms with E-state index < -0.39 is 11.1 Å². The molecule has 10 heteroatoms. The van der Waals surface area contributed by atoms with Gasteiger partial charge in [-0.25, -0.2) is 4.39 Å². The number of carbonyl (C=O) groups excluding carboxylic acids is 1. The number of ether oxygens (including phenoxy) is 1. The van der Waals surface area contributed by atoms with E-state index in [0.717, 1.165) is 17.3 Å². The lowest BCUT2D eigenvalue weighted by Gasteiger charge is -2.17. The Morgan fingerprint density at radius 2 is 1.94 bits per heavy atom. The van der Waals surface area contributed by atoms with Crippen molar-refractivity contribution in [2.45, 2.75) is 10.4 Å². The minimum Gasteiger partial charge on any atom is -0.495 e. The van der Waals surface area contributed by atoms with Gasteiger partial charge in [-0.15, -0.1) is 5.10 Å². The summed E-state index contributed by atoms with van der Waals surface area (Å²) >= 11 is 7.33. The molecule has 1 N–H and O–H groups in total. The average Bonchev–Trinajstić information content (AvgIpc) is 3.26. The fraction of sp³-hybridized carbons (Fsp3) is 0.0909. The van der Waals surface area contributed by atoms with E-state index >= 15 is 0 Å². The summed E-state index contributed by atoms with van der Waals surface area (Å²) in [5.74, 6) is -0.202. The second-order valence-corrected chi connectivity index (χ2v) is 8.08. The first-order valence-corrected chi connectivity index (χ1v) is 10.7. The third-order valence-electron chi connectivity index (χ3n) is 4.48. The number of amides is 1. The first-order chi connectivity index (χ1) is 15.5. The molecule has 1 aromatic heterocycles. The lowest BCUT2D eigenvalue weighted by Crippen LogP contribution is -2.19. The predicted octanol–water partition coefficient (Wildman–Crippen LogP) is 4.94. The Kier molecular flexibility index (Phi) is 6.67. The molecule has 0 bridgehead atoms. The number of aromatic nitrogens is 4. The van der Waals surface area contributed by atoms with Crippen LogP contribution in [0.5, 0.6) is 5.75 Å². The number of nitrogens with one attached hydrogen (secondary N) is 1. The molecule has 162 valence electrons. The highest BCUT2D eigenvalue weighted by Gasteiger charge is 2.26. The van der Waals surface area contributed by atoms with E-state index in [1.54, 1.807) is 30.3 Å². The van der Waals surface area contributed by atoms with Crippen LogP contribution in [-0.2, 0) is 4.79 Å². The van der Waals surface area contributed by atoms with Gasteiger partial charge in [0.25, 0.3) is 0 Å². The van der Waals surface area contributed by atoms with Gasteiger partial charge >= 0.3 is 0 Å². The number of methoxy groups -OCH3 is 1. The lowest BCUT2D eigenvalue weighted by atomic mass is 10.1. The number of carbonyl (C=O) groups is 1. The fourth-order valence-corrected chi connectivity index (χ4v) is 4.23. The van der Waals surface area contributed by atoms with Crippen molar-refractivity contribution in [1.82, 2.24) is 20.2 Å². The van der Waals surface area contributed by atoms with E-state index in [2.05, 4.69) is 20.8 Å². The predicted molar refractivity (Wildman–Crippen MR) is 121 cm³/mol. The molecule has 1 unspecified atom stereocenters. The number of benzene rings is 3. The number of hydrogen-bond acceptors (Lipinski definition) is 6. The van der Waals surface area contributed by atoms with Crippen LogP contribution in [0.15, 0.2) is 78.0 Å². The summed E-state index contributed by atoms with van der Waals surface area (Å²) < 4.78 is 20.2. The van der Waals surface area contributed by atoms with E-state index in [0.29, 0.717) is 27.3 Å². The van der Waals surface area contributed by atoms with E-state index in [1.165, 1.54) is 23.9 Å². The van der Waals surface area contributed by atoms with Crippen LogP contribution >= 0.6 is 23.4 Å². The van der Waals surface area contributed by atoms with Crippen LogP contribution in [0.3, 0.4) is 0 Å². The highest BCUT2D eigenvalue weighted by atomic mass is 35.5. The first-order valence-electron chi connectivity index (χ1n) is 9.45. The number of anilines is 1. The molecule has 0 fully saturated rings. The summed E-state index contributed by atoms with van der Waals surface area (Å²) in [6, 6.07) is 20.1. The molecule has 0 radical (unpaired) electrons. The first kappa shape index (κ1) is 21.8. The van der Waals surface area contributed by atoms with E-state index in [-0.39, 0.29) is 5.91 Å². The summed E-state index contributed by atoms with van der Waals surface area (Å²) in [7, 11) is 1.52. The molecule has 0 saturated heterocycles. The second kappa shape index (κ2) is 9.80. The molecule has 0 saturated carbocycles. The number of hydrogen-bond donors (Lipinski definition) is 1. The second-order valence-electron chi connectivity index (χ2n) is 6.60. The maximum Gasteiger partial charge on any atom is 0.242 e. The van der Waals surface area contributed by atoms with Crippen LogP contribution in [0.25, 0.3) is 5.69 Å². The van der Waals surface area contributed by atoms with Crippen molar-refractivity contribution < 1.29 is 13.9 Å². The molecule has 0 spiro atoms. The van der Waals surface area contributed by atoms with Gasteiger partial charge in [0, 0.05) is 5.69 Å². The minimum atomic E-state index is -0.685. The quantitative estimate of drug-likeness (QED) is 0.386. The number of nitrogens with zero attached hydrogens (tertiary/aromatic N) is 4. The van der Waals surface area contributed by atoms with Gasteiger partial charge in [0.2, 0.25) is 11.1 Å². The summed E-state index contributed by atoms with van der Waals surface area (Å²) in [5.41, 5.74) is 1.72. The molecular formula is C22H17ClFN5O2S. The Bertz CT molecular complexity index is 1240. The molecule has 4 rings (SSSR count). The van der Waals surface area contributed by atoms with Crippen LogP contribution in [0.4, 0.5) is 10.1 Å². The Morgan fingerprint density at radius 1 is 1.12 bits per heavy atom. The zero-order chi connectivity index (χ0) is 22.5. The molecule has 32 heavy (non-hydrogen) atoms. The number of halogens is 2. The van der Waals surface area contributed by atoms with Gasteiger partial charge in [-0.05, 0) is 52.4 Å². The van der Waals surface area contributed by atoms with Crippen LogP contribution in [-0.4, -0.2) is 33.2 Å². The third-order valence-corrected chi connectivity index (χ3v) is 5.96. The molecular weight excluding hydrogens is 453 g/mol. The van der Waals surface area contributed by atoms with Crippen molar-refractivity contribution in [2.75, 3.05) is 12.4 Å². The maximum absolute atomic E-state index is 13.7. The van der Waals surface area contributed by atoms with E-state index in [4.69, 9.17) is 16.3 Å². The summed E-state index contributed by atoms with van der Waals surface area (Å²) in [4.78, 5) is 13.3. The number of tetrazole rings is 1. The summed E-state index contributed by atoms with van der Waals surface area (Å²) in [6.07, 6.45) is 0. The van der Waals surface area contributed by atoms with Crippen LogP contribution in [0, 0.1) is 5.82 Å². The normalized spacial score (nSPS) is 11.7. The van der Waals surface area contributed by atoms with Crippen LogP contribution < -0.4 is 10.1 Å². The lowest BCUT2D eigenvalue weighted by molar-refractivity contribution is -0.115. The van der Waals surface area contributed by atoms with Gasteiger partial charge in [-0.1, -0.05) is 59.8 Å². The Hall–Kier alpha value is -3.43. The van der Waals surface area contributed by atoms with Crippen molar-refractivity contribution in [3.8, 4) is 11.4 Å². The molecule has 1 heterocycles. The van der Waals surface area contributed by atoms with Gasteiger partial charge in [0.1, 0.15) is 16.8 Å². The molecule has 4 aromatic rings. The van der Waals surface area contributed by atoms with E-state index in [1.807, 2.05) is 30.3 Å². The van der Waals surface area contributed by atoms with Crippen molar-refractivity contribution in [3.05, 3.63) is 89.2 Å². The number of rotatable bonds is 7. The SMILES string of the molecule is COc1ccc(NC(=O)C(Sc2nnnn2-c2cccc(F)c2)c2ccccc2)cc1Cl. The third kappa shape index (κ3) is 4.90. The molecule has 0 aliphatic heterocycles. The Labute approximate surface area is 192 Å². The summed E-state index contributed by atoms with van der Waals surface area (Å²) in [6.45, 7) is 0. The fourth-order valence-electron chi connectivity index (χ4n) is 2.98. The van der Waals surface area contributed by atoms with Crippen molar-refractivity contribution >= 4 is 35.0 Å². The minimum absolute atomic E-state index is 0.295. The van der Waals surface area contributed by atoms with Crippen molar-refractivity contribution in [3.63, 3.8) is 0 Å². The van der Waals surface area contributed by atoms with Crippen molar-refractivity contribution in [2.24, 2.45) is 0 Å².